The van der Waals surface area contributed by atoms with Crippen LogP contribution in [0.15, 0.2) is 18.2 Å². The van der Waals surface area contributed by atoms with E-state index in [-0.39, 0.29) is 24.9 Å². The Morgan fingerprint density at radius 1 is 1.45 bits per heavy atom. The molecule has 1 aliphatic heterocycles. The SMILES string of the molecule is O=C(C1CC1(F)F)N1CCC(Oc2cccc(F)n2)C1. The van der Waals surface area contributed by atoms with Gasteiger partial charge in [-0.3, -0.25) is 4.79 Å². The zero-order valence-electron chi connectivity index (χ0n) is 10.6. The third-order valence-corrected chi connectivity index (χ3v) is 3.56. The summed E-state index contributed by atoms with van der Waals surface area (Å²) >= 11 is 0. The van der Waals surface area contributed by atoms with Crippen molar-refractivity contribution in [3.8, 4) is 5.88 Å². The van der Waals surface area contributed by atoms with Gasteiger partial charge in [0.05, 0.1) is 6.54 Å². The van der Waals surface area contributed by atoms with E-state index in [1.54, 1.807) is 0 Å². The van der Waals surface area contributed by atoms with Crippen LogP contribution >= 0.6 is 0 Å². The maximum absolute atomic E-state index is 12.9. The smallest absolute Gasteiger partial charge is 0.260 e. The fraction of sp³-hybridized carbons (Fsp3) is 0.538. The molecule has 1 aromatic rings. The Hall–Kier alpha value is -1.79. The van der Waals surface area contributed by atoms with Gasteiger partial charge >= 0.3 is 0 Å². The van der Waals surface area contributed by atoms with Crippen LogP contribution in [0.5, 0.6) is 5.88 Å². The van der Waals surface area contributed by atoms with E-state index in [1.165, 1.54) is 23.1 Å². The Morgan fingerprint density at radius 2 is 2.20 bits per heavy atom. The van der Waals surface area contributed by atoms with Gasteiger partial charge in [-0.15, -0.1) is 0 Å². The summed E-state index contributed by atoms with van der Waals surface area (Å²) in [7, 11) is 0. The summed E-state index contributed by atoms with van der Waals surface area (Å²) in [4.78, 5) is 16.7. The van der Waals surface area contributed by atoms with Crippen molar-refractivity contribution in [1.82, 2.24) is 9.88 Å². The first kappa shape index (κ1) is 13.2. The molecular weight excluding hydrogens is 273 g/mol. The van der Waals surface area contributed by atoms with E-state index in [1.807, 2.05) is 0 Å². The molecule has 20 heavy (non-hydrogen) atoms. The molecule has 0 aromatic carbocycles. The van der Waals surface area contributed by atoms with E-state index in [0.29, 0.717) is 13.0 Å². The highest BCUT2D eigenvalue weighted by Crippen LogP contribution is 2.49. The van der Waals surface area contributed by atoms with Crippen LogP contribution in [0.3, 0.4) is 0 Å². The lowest BCUT2D eigenvalue weighted by Crippen LogP contribution is -2.33. The number of likely N-dealkylation sites (tertiary alicyclic amines) is 1. The molecule has 0 spiro atoms. The summed E-state index contributed by atoms with van der Waals surface area (Å²) < 4.78 is 44.1. The predicted octanol–water partition coefficient (Wildman–Crippen LogP) is 1.86. The number of hydrogen-bond acceptors (Lipinski definition) is 3. The van der Waals surface area contributed by atoms with E-state index < -0.39 is 23.7 Å². The average molecular weight is 286 g/mol. The number of hydrogen-bond donors (Lipinski definition) is 0. The first-order valence-corrected chi connectivity index (χ1v) is 6.41. The molecule has 0 radical (unpaired) electrons. The van der Waals surface area contributed by atoms with Crippen LogP contribution in [0.2, 0.25) is 0 Å². The molecule has 0 N–H and O–H groups in total. The summed E-state index contributed by atoms with van der Waals surface area (Å²) in [5.41, 5.74) is 0. The van der Waals surface area contributed by atoms with Gasteiger partial charge in [-0.2, -0.15) is 9.37 Å². The van der Waals surface area contributed by atoms with Crippen molar-refractivity contribution in [3.05, 3.63) is 24.1 Å². The van der Waals surface area contributed by atoms with Gasteiger partial charge in [-0.1, -0.05) is 6.07 Å². The van der Waals surface area contributed by atoms with Crippen molar-refractivity contribution in [3.63, 3.8) is 0 Å². The lowest BCUT2D eigenvalue weighted by molar-refractivity contribution is -0.134. The van der Waals surface area contributed by atoms with Gasteiger partial charge in [0.15, 0.2) is 0 Å². The number of alkyl halides is 2. The normalized spacial score (nSPS) is 27.4. The van der Waals surface area contributed by atoms with Gasteiger partial charge in [0.2, 0.25) is 17.7 Å². The summed E-state index contributed by atoms with van der Waals surface area (Å²) in [6.07, 6.45) is -0.165. The van der Waals surface area contributed by atoms with Gasteiger partial charge in [0, 0.05) is 25.5 Å². The number of amides is 1. The lowest BCUT2D eigenvalue weighted by Gasteiger charge is -2.16. The van der Waals surface area contributed by atoms with E-state index in [9.17, 15) is 18.0 Å². The summed E-state index contributed by atoms with van der Waals surface area (Å²) in [5.74, 6) is -5.05. The fourth-order valence-corrected chi connectivity index (χ4v) is 2.35. The molecular formula is C13H13F3N2O2. The maximum atomic E-state index is 12.9. The Kier molecular flexibility index (Phi) is 3.07. The summed E-state index contributed by atoms with van der Waals surface area (Å²) in [5, 5.41) is 0. The number of rotatable bonds is 3. The molecule has 1 saturated heterocycles. The third kappa shape index (κ3) is 2.57. The highest BCUT2D eigenvalue weighted by molar-refractivity contribution is 5.83. The molecule has 3 rings (SSSR count). The van der Waals surface area contributed by atoms with Crippen molar-refractivity contribution in [1.29, 1.82) is 0 Å². The highest BCUT2D eigenvalue weighted by atomic mass is 19.3. The predicted molar refractivity (Wildman–Crippen MR) is 62.9 cm³/mol. The molecule has 1 aromatic heterocycles. The van der Waals surface area contributed by atoms with E-state index in [0.717, 1.165) is 0 Å². The van der Waals surface area contributed by atoms with Crippen LogP contribution in [0, 0.1) is 11.9 Å². The van der Waals surface area contributed by atoms with Crippen molar-refractivity contribution in [2.75, 3.05) is 13.1 Å². The van der Waals surface area contributed by atoms with Crippen molar-refractivity contribution >= 4 is 5.91 Å². The summed E-state index contributed by atoms with van der Waals surface area (Å²) in [6, 6.07) is 4.19. The Morgan fingerprint density at radius 3 is 2.85 bits per heavy atom. The van der Waals surface area contributed by atoms with Crippen LogP contribution in [0.4, 0.5) is 13.2 Å². The first-order valence-electron chi connectivity index (χ1n) is 6.41. The molecule has 2 aliphatic rings. The van der Waals surface area contributed by atoms with E-state index >= 15 is 0 Å². The Balaban J connectivity index is 1.56. The minimum Gasteiger partial charge on any atom is -0.472 e. The average Bonchev–Trinajstić information content (AvgIpc) is 2.82. The second-order valence-electron chi connectivity index (χ2n) is 5.13. The molecule has 2 atom stereocenters. The number of carbonyl (C=O) groups is 1. The molecule has 2 heterocycles. The number of carbonyl (C=O) groups excluding carboxylic acids is 1. The van der Waals surface area contributed by atoms with Gasteiger partial charge < -0.3 is 9.64 Å². The second-order valence-corrected chi connectivity index (χ2v) is 5.13. The number of pyridine rings is 1. The Labute approximate surface area is 113 Å². The maximum Gasteiger partial charge on any atom is 0.260 e. The van der Waals surface area contributed by atoms with Gasteiger partial charge in [0.25, 0.3) is 5.92 Å². The zero-order valence-corrected chi connectivity index (χ0v) is 10.6. The van der Waals surface area contributed by atoms with Crippen LogP contribution < -0.4 is 4.74 Å². The summed E-state index contributed by atoms with van der Waals surface area (Å²) in [6.45, 7) is 0.620. The van der Waals surface area contributed by atoms with Crippen molar-refractivity contribution in [2.24, 2.45) is 5.92 Å². The number of aromatic nitrogens is 1. The molecule has 4 nitrogen and oxygen atoms in total. The number of ether oxygens (including phenoxy) is 1. The van der Waals surface area contributed by atoms with Crippen LogP contribution in [0.25, 0.3) is 0 Å². The highest BCUT2D eigenvalue weighted by Gasteiger charge is 2.62. The van der Waals surface area contributed by atoms with Gasteiger partial charge in [-0.25, -0.2) is 8.78 Å². The molecule has 0 bridgehead atoms. The topological polar surface area (TPSA) is 42.4 Å². The number of nitrogens with zero attached hydrogens (tertiary/aromatic N) is 2. The molecule has 2 fully saturated rings. The monoisotopic (exact) mass is 286 g/mol. The fourth-order valence-electron chi connectivity index (χ4n) is 2.35. The van der Waals surface area contributed by atoms with Crippen molar-refractivity contribution < 1.29 is 22.7 Å². The second kappa shape index (κ2) is 4.64. The minimum absolute atomic E-state index is 0.140. The molecule has 7 heteroatoms. The molecule has 2 unspecified atom stereocenters. The quantitative estimate of drug-likeness (QED) is 0.796. The molecule has 1 aliphatic carbocycles. The zero-order chi connectivity index (χ0) is 14.3. The van der Waals surface area contributed by atoms with Crippen molar-refractivity contribution in [2.45, 2.75) is 24.9 Å². The minimum atomic E-state index is -2.85. The number of halogens is 3. The van der Waals surface area contributed by atoms with E-state index in [4.69, 9.17) is 4.74 Å². The first-order chi connectivity index (χ1) is 9.45. The van der Waals surface area contributed by atoms with E-state index in [2.05, 4.69) is 4.98 Å². The lowest BCUT2D eigenvalue weighted by atomic mass is 10.3. The van der Waals surface area contributed by atoms with Gasteiger partial charge in [0.1, 0.15) is 12.0 Å². The van der Waals surface area contributed by atoms with Crippen LogP contribution in [-0.2, 0) is 4.79 Å². The van der Waals surface area contributed by atoms with Crippen LogP contribution in [-0.4, -0.2) is 40.9 Å². The Bertz CT molecular complexity index is 538. The molecule has 1 amide bonds. The molecule has 108 valence electrons. The van der Waals surface area contributed by atoms with Gasteiger partial charge in [-0.05, 0) is 6.07 Å². The van der Waals surface area contributed by atoms with Crippen LogP contribution in [0.1, 0.15) is 12.8 Å². The molecule has 1 saturated carbocycles. The largest absolute Gasteiger partial charge is 0.472 e. The third-order valence-electron chi connectivity index (χ3n) is 3.56. The standard InChI is InChI=1S/C13H13F3N2O2/c14-10-2-1-3-11(17-10)20-8-4-5-18(7-8)12(19)9-6-13(9,15)16/h1-3,8-9H,4-7H2.